The summed E-state index contributed by atoms with van der Waals surface area (Å²) in [4.78, 5) is 21.0. The largest absolute Gasteiger partial charge is 0.494 e. The summed E-state index contributed by atoms with van der Waals surface area (Å²) in [7, 11) is 0. The summed E-state index contributed by atoms with van der Waals surface area (Å²) in [6.45, 7) is 7.42. The number of aldehydes is 2. The first-order valence-electron chi connectivity index (χ1n) is 8.21. The number of carbonyl (C=O) groups excluding carboxylic acids is 2. The molecule has 0 saturated carbocycles. The van der Waals surface area contributed by atoms with Gasteiger partial charge in [0.1, 0.15) is 12.0 Å². The van der Waals surface area contributed by atoms with Gasteiger partial charge in [0.25, 0.3) is 0 Å². The second-order valence-electron chi connectivity index (χ2n) is 4.78. The number of rotatable bonds is 8. The van der Waals surface area contributed by atoms with Crippen LogP contribution in [-0.2, 0) is 0 Å². The Hall–Kier alpha value is -2.82. The highest BCUT2D eigenvalue weighted by Crippen LogP contribution is 2.30. The van der Waals surface area contributed by atoms with E-state index in [9.17, 15) is 9.59 Å². The molecule has 0 bridgehead atoms. The van der Waals surface area contributed by atoms with Crippen molar-refractivity contribution in [3.05, 3.63) is 53.6 Å². The van der Waals surface area contributed by atoms with Crippen LogP contribution >= 0.6 is 0 Å². The lowest BCUT2D eigenvalue weighted by molar-refractivity contribution is 0.111. The monoisotopic (exact) mass is 344 g/mol. The molecule has 0 spiro atoms. The maximum Gasteiger partial charge on any atom is 0.171 e. The summed E-state index contributed by atoms with van der Waals surface area (Å²) in [5.74, 6) is 1.96. The van der Waals surface area contributed by atoms with Gasteiger partial charge in [-0.25, -0.2) is 0 Å². The van der Waals surface area contributed by atoms with Crippen LogP contribution in [0.4, 0.5) is 0 Å². The minimum atomic E-state index is 0.519. The van der Waals surface area contributed by atoms with Crippen LogP contribution in [0, 0.1) is 0 Å². The van der Waals surface area contributed by atoms with Crippen LogP contribution in [-0.4, -0.2) is 32.4 Å². The fourth-order valence-electron chi connectivity index (χ4n) is 2.00. The molecule has 134 valence electrons. The van der Waals surface area contributed by atoms with E-state index in [0.717, 1.165) is 18.3 Å². The number of carbonyl (C=O) groups is 2. The number of para-hydroxylation sites is 1. The lowest BCUT2D eigenvalue weighted by Crippen LogP contribution is -2.01. The van der Waals surface area contributed by atoms with Crippen LogP contribution < -0.4 is 14.2 Å². The third-order valence-corrected chi connectivity index (χ3v) is 3.05. The fourth-order valence-corrected chi connectivity index (χ4v) is 2.00. The lowest BCUT2D eigenvalue weighted by Gasteiger charge is -2.11. The molecule has 25 heavy (non-hydrogen) atoms. The van der Waals surface area contributed by atoms with E-state index in [1.807, 2.05) is 20.8 Å². The van der Waals surface area contributed by atoms with Crippen LogP contribution in [0.15, 0.2) is 42.5 Å². The van der Waals surface area contributed by atoms with Crippen molar-refractivity contribution >= 4 is 12.6 Å². The van der Waals surface area contributed by atoms with Gasteiger partial charge in [0.2, 0.25) is 0 Å². The number of ether oxygens (including phenoxy) is 3. The van der Waals surface area contributed by atoms with E-state index in [0.29, 0.717) is 42.4 Å². The number of hydrogen-bond acceptors (Lipinski definition) is 5. The maximum atomic E-state index is 10.7. The van der Waals surface area contributed by atoms with Gasteiger partial charge in [0.15, 0.2) is 17.8 Å². The molecular formula is C20H24O5. The second kappa shape index (κ2) is 11.7. The van der Waals surface area contributed by atoms with Crippen molar-refractivity contribution in [2.45, 2.75) is 20.8 Å². The summed E-state index contributed by atoms with van der Waals surface area (Å²) >= 11 is 0. The zero-order valence-electron chi connectivity index (χ0n) is 14.9. The van der Waals surface area contributed by atoms with Gasteiger partial charge < -0.3 is 14.2 Å². The molecule has 0 amide bonds. The van der Waals surface area contributed by atoms with Crippen molar-refractivity contribution < 1.29 is 23.8 Å². The van der Waals surface area contributed by atoms with E-state index in [2.05, 4.69) is 0 Å². The van der Waals surface area contributed by atoms with Crippen LogP contribution in [0.1, 0.15) is 41.5 Å². The Morgan fingerprint density at radius 1 is 0.760 bits per heavy atom. The van der Waals surface area contributed by atoms with Gasteiger partial charge in [-0.05, 0) is 57.2 Å². The Morgan fingerprint density at radius 3 is 1.92 bits per heavy atom. The Kier molecular flexibility index (Phi) is 9.45. The summed E-state index contributed by atoms with van der Waals surface area (Å²) in [5, 5.41) is 0. The van der Waals surface area contributed by atoms with Crippen molar-refractivity contribution in [3.63, 3.8) is 0 Å². The predicted octanol–water partition coefficient (Wildman–Crippen LogP) is 4.19. The smallest absolute Gasteiger partial charge is 0.171 e. The zero-order valence-corrected chi connectivity index (χ0v) is 14.9. The molecule has 0 N–H and O–H groups in total. The van der Waals surface area contributed by atoms with Gasteiger partial charge in [0.05, 0.1) is 25.4 Å². The third kappa shape index (κ3) is 6.67. The normalized spacial score (nSPS) is 9.40. The fraction of sp³-hybridized carbons (Fsp3) is 0.300. The molecule has 2 aromatic carbocycles. The first kappa shape index (κ1) is 20.2. The van der Waals surface area contributed by atoms with E-state index in [-0.39, 0.29) is 0 Å². The van der Waals surface area contributed by atoms with Gasteiger partial charge in [-0.15, -0.1) is 0 Å². The Balaban J connectivity index is 0.000000257. The minimum Gasteiger partial charge on any atom is -0.494 e. The molecule has 0 aromatic heterocycles. The van der Waals surface area contributed by atoms with Gasteiger partial charge in [-0.1, -0.05) is 6.07 Å². The molecule has 0 aliphatic heterocycles. The first-order valence-corrected chi connectivity index (χ1v) is 8.21. The summed E-state index contributed by atoms with van der Waals surface area (Å²) in [5.41, 5.74) is 1.20. The van der Waals surface area contributed by atoms with Gasteiger partial charge in [0, 0.05) is 5.56 Å². The van der Waals surface area contributed by atoms with Crippen LogP contribution in [0.2, 0.25) is 0 Å². The van der Waals surface area contributed by atoms with Crippen LogP contribution in [0.5, 0.6) is 17.2 Å². The van der Waals surface area contributed by atoms with E-state index in [1.165, 1.54) is 0 Å². The van der Waals surface area contributed by atoms with Crippen molar-refractivity contribution in [1.29, 1.82) is 0 Å². The van der Waals surface area contributed by atoms with Crippen LogP contribution in [0.25, 0.3) is 0 Å². The van der Waals surface area contributed by atoms with E-state index in [1.54, 1.807) is 42.5 Å². The lowest BCUT2D eigenvalue weighted by atomic mass is 10.2. The Morgan fingerprint density at radius 2 is 1.40 bits per heavy atom. The molecule has 2 aromatic rings. The molecule has 0 saturated heterocycles. The number of benzene rings is 2. The summed E-state index contributed by atoms with van der Waals surface area (Å²) in [6, 6.07) is 12.3. The Labute approximate surface area is 148 Å². The molecule has 0 heterocycles. The molecular weight excluding hydrogens is 320 g/mol. The molecule has 0 unspecified atom stereocenters. The highest BCUT2D eigenvalue weighted by molar-refractivity contribution is 5.81. The van der Waals surface area contributed by atoms with Crippen LogP contribution in [0.3, 0.4) is 0 Å². The highest BCUT2D eigenvalue weighted by Gasteiger charge is 2.09. The Bertz CT molecular complexity index is 650. The average Bonchev–Trinajstić information content (AvgIpc) is 2.65. The third-order valence-electron chi connectivity index (χ3n) is 3.05. The van der Waals surface area contributed by atoms with E-state index < -0.39 is 0 Å². The van der Waals surface area contributed by atoms with Crippen molar-refractivity contribution in [2.75, 3.05) is 19.8 Å². The summed E-state index contributed by atoms with van der Waals surface area (Å²) in [6.07, 6.45) is 1.59. The SMILES string of the molecule is CCOc1ccc(C=O)cc1.CCOc1cccc(C=O)c1OCC. The zero-order chi connectivity index (χ0) is 18.5. The molecule has 5 heteroatoms. The number of hydrogen-bond donors (Lipinski definition) is 0. The average molecular weight is 344 g/mol. The predicted molar refractivity (Wildman–Crippen MR) is 97.2 cm³/mol. The molecule has 0 fully saturated rings. The highest BCUT2D eigenvalue weighted by atomic mass is 16.5. The molecule has 0 aliphatic carbocycles. The van der Waals surface area contributed by atoms with Crippen molar-refractivity contribution in [2.24, 2.45) is 0 Å². The van der Waals surface area contributed by atoms with Crippen molar-refractivity contribution in [3.8, 4) is 17.2 Å². The maximum absolute atomic E-state index is 10.7. The molecule has 0 aliphatic rings. The topological polar surface area (TPSA) is 61.8 Å². The van der Waals surface area contributed by atoms with Crippen molar-refractivity contribution in [1.82, 2.24) is 0 Å². The second-order valence-corrected chi connectivity index (χ2v) is 4.78. The van der Waals surface area contributed by atoms with Gasteiger partial charge >= 0.3 is 0 Å². The van der Waals surface area contributed by atoms with Gasteiger partial charge in [-0.3, -0.25) is 9.59 Å². The molecule has 5 nitrogen and oxygen atoms in total. The quantitative estimate of drug-likeness (QED) is 0.672. The minimum absolute atomic E-state index is 0.519. The molecule has 0 radical (unpaired) electrons. The standard InChI is InChI=1S/C11H14O3.C9H10O2/c1-3-13-10-7-5-6-9(8-12)11(10)14-4-2;1-2-11-9-5-3-8(7-10)4-6-9/h5-8H,3-4H2,1-2H3;3-7H,2H2,1H3. The molecule has 0 atom stereocenters. The van der Waals surface area contributed by atoms with Gasteiger partial charge in [-0.2, -0.15) is 0 Å². The summed E-state index contributed by atoms with van der Waals surface area (Å²) < 4.78 is 15.9. The molecule has 2 rings (SSSR count). The van der Waals surface area contributed by atoms with E-state index >= 15 is 0 Å². The van der Waals surface area contributed by atoms with E-state index in [4.69, 9.17) is 14.2 Å². The first-order chi connectivity index (χ1) is 12.2.